The molecular formula is C16H20N2O. The van der Waals surface area contributed by atoms with Crippen LogP contribution in [0.3, 0.4) is 0 Å². The van der Waals surface area contributed by atoms with Gasteiger partial charge in [-0.15, -0.1) is 0 Å². The van der Waals surface area contributed by atoms with E-state index >= 15 is 0 Å². The molecule has 0 amide bonds. The Hall–Kier alpha value is -2.00. The van der Waals surface area contributed by atoms with Gasteiger partial charge in [0.05, 0.1) is 7.11 Å². The van der Waals surface area contributed by atoms with Crippen molar-refractivity contribution in [3.05, 3.63) is 59.7 Å². The summed E-state index contributed by atoms with van der Waals surface area (Å²) in [5.74, 6) is 0.931. The monoisotopic (exact) mass is 256 g/mol. The maximum absolute atomic E-state index is 5.33. The first kappa shape index (κ1) is 13.4. The molecule has 0 saturated heterocycles. The fraction of sp³-hybridized carbons (Fsp3) is 0.250. The Kier molecular flexibility index (Phi) is 4.81. The van der Waals surface area contributed by atoms with Crippen LogP contribution in [0.15, 0.2) is 48.5 Å². The second-order valence-electron chi connectivity index (χ2n) is 4.36. The highest BCUT2D eigenvalue weighted by atomic mass is 16.5. The van der Waals surface area contributed by atoms with Crippen LogP contribution < -0.4 is 15.4 Å². The molecule has 0 spiro atoms. The third kappa shape index (κ3) is 3.73. The average Bonchev–Trinajstić information content (AvgIpc) is 2.48. The zero-order valence-corrected chi connectivity index (χ0v) is 11.4. The Labute approximate surface area is 114 Å². The van der Waals surface area contributed by atoms with Crippen molar-refractivity contribution < 1.29 is 4.74 Å². The van der Waals surface area contributed by atoms with E-state index in [1.165, 1.54) is 11.1 Å². The van der Waals surface area contributed by atoms with Crippen molar-refractivity contribution in [3.8, 4) is 5.75 Å². The molecular weight excluding hydrogens is 236 g/mol. The Bertz CT molecular complexity index is 508. The van der Waals surface area contributed by atoms with Gasteiger partial charge in [-0.1, -0.05) is 30.3 Å². The molecule has 0 radical (unpaired) electrons. The van der Waals surface area contributed by atoms with Gasteiger partial charge in [0.1, 0.15) is 5.75 Å². The molecule has 2 rings (SSSR count). The van der Waals surface area contributed by atoms with Gasteiger partial charge in [0, 0.05) is 31.4 Å². The fourth-order valence-corrected chi connectivity index (χ4v) is 1.98. The zero-order valence-electron chi connectivity index (χ0n) is 11.4. The van der Waals surface area contributed by atoms with Gasteiger partial charge in [0.15, 0.2) is 0 Å². The maximum atomic E-state index is 5.33. The Morgan fingerprint density at radius 2 is 1.68 bits per heavy atom. The lowest BCUT2D eigenvalue weighted by molar-refractivity contribution is 0.407. The van der Waals surface area contributed by atoms with E-state index in [-0.39, 0.29) is 0 Å². The Morgan fingerprint density at radius 3 is 2.37 bits per heavy atom. The largest absolute Gasteiger partial charge is 0.496 e. The number of nitrogens with one attached hydrogen (secondary N) is 2. The smallest absolute Gasteiger partial charge is 0.123 e. The zero-order chi connectivity index (χ0) is 13.5. The van der Waals surface area contributed by atoms with Gasteiger partial charge in [0.25, 0.3) is 0 Å². The molecule has 100 valence electrons. The van der Waals surface area contributed by atoms with Crippen molar-refractivity contribution in [2.45, 2.75) is 13.1 Å². The molecule has 3 nitrogen and oxygen atoms in total. The van der Waals surface area contributed by atoms with Gasteiger partial charge < -0.3 is 15.4 Å². The standard InChI is InChI=1S/C16H20N2O/c1-17-15-9-7-13(8-10-15)11-18-12-14-5-3-4-6-16(14)19-2/h3-10,17-18H,11-12H2,1-2H3. The van der Waals surface area contributed by atoms with Crippen LogP contribution in [0, 0.1) is 0 Å². The predicted octanol–water partition coefficient (Wildman–Crippen LogP) is 3.03. The quantitative estimate of drug-likeness (QED) is 0.833. The number of ether oxygens (including phenoxy) is 1. The van der Waals surface area contributed by atoms with E-state index in [9.17, 15) is 0 Å². The summed E-state index contributed by atoms with van der Waals surface area (Å²) in [6.45, 7) is 1.65. The van der Waals surface area contributed by atoms with E-state index in [0.29, 0.717) is 0 Å². The van der Waals surface area contributed by atoms with Crippen molar-refractivity contribution in [1.29, 1.82) is 0 Å². The number of hydrogen-bond donors (Lipinski definition) is 2. The van der Waals surface area contributed by atoms with E-state index in [4.69, 9.17) is 4.74 Å². The highest BCUT2D eigenvalue weighted by Gasteiger charge is 2.00. The molecule has 0 heterocycles. The average molecular weight is 256 g/mol. The number of rotatable bonds is 6. The van der Waals surface area contributed by atoms with E-state index in [2.05, 4.69) is 41.0 Å². The lowest BCUT2D eigenvalue weighted by Crippen LogP contribution is -2.13. The van der Waals surface area contributed by atoms with Crippen LogP contribution in [0.5, 0.6) is 5.75 Å². The lowest BCUT2D eigenvalue weighted by Gasteiger charge is -2.09. The van der Waals surface area contributed by atoms with Crippen LogP contribution in [0.2, 0.25) is 0 Å². The van der Waals surface area contributed by atoms with Crippen molar-refractivity contribution in [3.63, 3.8) is 0 Å². The molecule has 2 N–H and O–H groups in total. The van der Waals surface area contributed by atoms with Gasteiger partial charge in [-0.2, -0.15) is 0 Å². The molecule has 0 aromatic heterocycles. The summed E-state index contributed by atoms with van der Waals surface area (Å²) in [5.41, 5.74) is 3.58. The van der Waals surface area contributed by atoms with Crippen LogP contribution >= 0.6 is 0 Å². The van der Waals surface area contributed by atoms with E-state index in [0.717, 1.165) is 24.5 Å². The van der Waals surface area contributed by atoms with Gasteiger partial charge in [-0.3, -0.25) is 0 Å². The third-order valence-electron chi connectivity index (χ3n) is 3.08. The first-order valence-electron chi connectivity index (χ1n) is 6.43. The molecule has 0 saturated carbocycles. The third-order valence-corrected chi connectivity index (χ3v) is 3.08. The Morgan fingerprint density at radius 1 is 0.947 bits per heavy atom. The maximum Gasteiger partial charge on any atom is 0.123 e. The molecule has 0 fully saturated rings. The summed E-state index contributed by atoms with van der Waals surface area (Å²) in [5, 5.41) is 6.54. The van der Waals surface area contributed by atoms with Gasteiger partial charge >= 0.3 is 0 Å². The van der Waals surface area contributed by atoms with Crippen molar-refractivity contribution in [2.24, 2.45) is 0 Å². The molecule has 0 aliphatic rings. The second-order valence-corrected chi connectivity index (χ2v) is 4.36. The molecule has 2 aromatic rings. The lowest BCUT2D eigenvalue weighted by atomic mass is 10.1. The molecule has 0 bridgehead atoms. The van der Waals surface area contributed by atoms with Gasteiger partial charge in [0.2, 0.25) is 0 Å². The predicted molar refractivity (Wildman–Crippen MR) is 79.5 cm³/mol. The molecule has 0 aliphatic heterocycles. The van der Waals surface area contributed by atoms with Gasteiger partial charge in [-0.05, 0) is 23.8 Å². The number of methoxy groups -OCH3 is 1. The minimum Gasteiger partial charge on any atom is -0.496 e. The second kappa shape index (κ2) is 6.81. The summed E-state index contributed by atoms with van der Waals surface area (Å²) >= 11 is 0. The van der Waals surface area contributed by atoms with Crippen LogP contribution in [0.1, 0.15) is 11.1 Å². The highest BCUT2D eigenvalue weighted by molar-refractivity contribution is 5.43. The number of benzene rings is 2. The summed E-state index contributed by atoms with van der Waals surface area (Å²) in [6, 6.07) is 16.5. The van der Waals surface area contributed by atoms with Crippen LogP contribution in [0.25, 0.3) is 0 Å². The fourth-order valence-electron chi connectivity index (χ4n) is 1.98. The molecule has 19 heavy (non-hydrogen) atoms. The summed E-state index contributed by atoms with van der Waals surface area (Å²) in [7, 11) is 3.63. The minimum atomic E-state index is 0.803. The van der Waals surface area contributed by atoms with Crippen LogP contribution in [-0.4, -0.2) is 14.2 Å². The highest BCUT2D eigenvalue weighted by Crippen LogP contribution is 2.17. The molecule has 2 aromatic carbocycles. The first-order chi connectivity index (χ1) is 9.33. The van der Waals surface area contributed by atoms with E-state index in [1.54, 1.807) is 7.11 Å². The molecule has 0 atom stereocenters. The normalized spacial score (nSPS) is 10.2. The van der Waals surface area contributed by atoms with Crippen molar-refractivity contribution >= 4 is 5.69 Å². The van der Waals surface area contributed by atoms with Crippen LogP contribution in [-0.2, 0) is 13.1 Å². The van der Waals surface area contributed by atoms with Crippen molar-refractivity contribution in [1.82, 2.24) is 5.32 Å². The van der Waals surface area contributed by atoms with Crippen LogP contribution in [0.4, 0.5) is 5.69 Å². The van der Waals surface area contributed by atoms with E-state index in [1.807, 2.05) is 25.2 Å². The van der Waals surface area contributed by atoms with Gasteiger partial charge in [-0.25, -0.2) is 0 Å². The summed E-state index contributed by atoms with van der Waals surface area (Å²) in [4.78, 5) is 0. The topological polar surface area (TPSA) is 33.3 Å². The number of para-hydroxylation sites is 1. The first-order valence-corrected chi connectivity index (χ1v) is 6.43. The minimum absolute atomic E-state index is 0.803. The van der Waals surface area contributed by atoms with Crippen molar-refractivity contribution in [2.75, 3.05) is 19.5 Å². The summed E-state index contributed by atoms with van der Waals surface area (Å²) in [6.07, 6.45) is 0. The number of hydrogen-bond acceptors (Lipinski definition) is 3. The molecule has 3 heteroatoms. The molecule has 0 unspecified atom stereocenters. The number of anilines is 1. The summed E-state index contributed by atoms with van der Waals surface area (Å²) < 4.78 is 5.33. The SMILES string of the molecule is CNc1ccc(CNCc2ccccc2OC)cc1. The van der Waals surface area contributed by atoms with E-state index < -0.39 is 0 Å². The molecule has 0 aliphatic carbocycles. The Balaban J connectivity index is 1.88.